The van der Waals surface area contributed by atoms with Gasteiger partial charge in [-0.2, -0.15) is 0 Å². The van der Waals surface area contributed by atoms with Crippen LogP contribution in [0.15, 0.2) is 36.7 Å². The summed E-state index contributed by atoms with van der Waals surface area (Å²) in [6.45, 7) is 3.10. The molecule has 1 aromatic carbocycles. The number of likely N-dealkylation sites (tertiary alicyclic amines) is 1. The number of nitrogens with one attached hydrogen (secondary N) is 4. The van der Waals surface area contributed by atoms with E-state index in [2.05, 4.69) is 25.9 Å². The third kappa shape index (κ3) is 6.87. The van der Waals surface area contributed by atoms with Gasteiger partial charge in [-0.3, -0.25) is 15.6 Å². The van der Waals surface area contributed by atoms with Crippen LogP contribution in [0.3, 0.4) is 0 Å². The van der Waals surface area contributed by atoms with Crippen LogP contribution in [-0.2, 0) is 11.3 Å². The van der Waals surface area contributed by atoms with E-state index >= 15 is 0 Å². The highest BCUT2D eigenvalue weighted by molar-refractivity contribution is 5.93. The first-order chi connectivity index (χ1) is 15.4. The number of nitrogens with zero attached hydrogens (tertiary/aromatic N) is 3. The number of guanidine groups is 1. The van der Waals surface area contributed by atoms with E-state index in [1.165, 1.54) is 0 Å². The number of anilines is 1. The summed E-state index contributed by atoms with van der Waals surface area (Å²) in [6, 6.07) is 7.13. The fourth-order valence-corrected chi connectivity index (χ4v) is 3.59. The van der Waals surface area contributed by atoms with Crippen LogP contribution in [0.2, 0.25) is 0 Å². The van der Waals surface area contributed by atoms with Gasteiger partial charge in [0, 0.05) is 51.2 Å². The normalized spacial score (nSPS) is 18.3. The van der Waals surface area contributed by atoms with Crippen molar-refractivity contribution in [2.75, 3.05) is 38.7 Å². The molecule has 11 nitrogen and oxygen atoms in total. The smallest absolute Gasteiger partial charge is 0.321 e. The third-order valence-corrected chi connectivity index (χ3v) is 5.20. The highest BCUT2D eigenvalue weighted by Gasteiger charge is 2.30. The van der Waals surface area contributed by atoms with Crippen molar-refractivity contribution in [1.29, 1.82) is 5.41 Å². The Morgan fingerprint density at radius 3 is 2.84 bits per heavy atom. The standard InChI is InChI=1S/C21H30N8O3/c1-32-6-5-29-13-15(8-18(29)30)10-24-20-25-11-17(12-26-20)16-4-2-3-14(7-16)9-27-21(31)28-19(22)23/h2-4,7,11-12,15,18,30H,5-6,8-10,13H2,1H3,(H,24,25,26)(H5,22,23,27,28,31). The predicted octanol–water partition coefficient (Wildman–Crippen LogP) is 0.535. The molecule has 0 spiro atoms. The summed E-state index contributed by atoms with van der Waals surface area (Å²) in [5.74, 6) is 0.446. The van der Waals surface area contributed by atoms with Crippen molar-refractivity contribution >= 4 is 17.9 Å². The first kappa shape index (κ1) is 23.4. The van der Waals surface area contributed by atoms with Gasteiger partial charge < -0.3 is 26.2 Å². The number of benzene rings is 1. The molecule has 32 heavy (non-hydrogen) atoms. The number of urea groups is 1. The summed E-state index contributed by atoms with van der Waals surface area (Å²) in [6.07, 6.45) is 3.77. The van der Waals surface area contributed by atoms with Gasteiger partial charge in [-0.25, -0.2) is 14.8 Å². The number of hydrogen-bond donors (Lipinski definition) is 6. The number of aliphatic hydroxyl groups is 1. The predicted molar refractivity (Wildman–Crippen MR) is 121 cm³/mol. The van der Waals surface area contributed by atoms with Crippen LogP contribution in [0.25, 0.3) is 11.1 Å². The van der Waals surface area contributed by atoms with Gasteiger partial charge in [-0.15, -0.1) is 0 Å². The van der Waals surface area contributed by atoms with Gasteiger partial charge in [0.1, 0.15) is 6.23 Å². The van der Waals surface area contributed by atoms with Crippen molar-refractivity contribution in [1.82, 2.24) is 25.5 Å². The van der Waals surface area contributed by atoms with Gasteiger partial charge in [-0.05, 0) is 29.5 Å². The average molecular weight is 443 g/mol. The van der Waals surface area contributed by atoms with Crippen LogP contribution < -0.4 is 21.7 Å². The lowest BCUT2D eigenvalue weighted by atomic mass is 10.1. The lowest BCUT2D eigenvalue weighted by molar-refractivity contribution is 0.0219. The molecule has 11 heteroatoms. The van der Waals surface area contributed by atoms with Crippen molar-refractivity contribution in [3.63, 3.8) is 0 Å². The number of ether oxygens (including phenoxy) is 1. The first-order valence-corrected chi connectivity index (χ1v) is 10.4. The quantitative estimate of drug-likeness (QED) is 0.242. The van der Waals surface area contributed by atoms with Gasteiger partial charge in [0.2, 0.25) is 5.95 Å². The maximum atomic E-state index is 11.6. The Morgan fingerprint density at radius 2 is 2.12 bits per heavy atom. The molecule has 2 heterocycles. The molecule has 1 fully saturated rings. The van der Waals surface area contributed by atoms with Gasteiger partial charge >= 0.3 is 6.03 Å². The number of carbonyl (C=O) groups is 1. The molecule has 0 aliphatic carbocycles. The molecule has 0 saturated carbocycles. The number of nitrogens with two attached hydrogens (primary N) is 1. The van der Waals surface area contributed by atoms with Crippen molar-refractivity contribution in [2.45, 2.75) is 19.2 Å². The van der Waals surface area contributed by atoms with Crippen molar-refractivity contribution < 1.29 is 14.6 Å². The second-order valence-corrected chi connectivity index (χ2v) is 7.67. The molecule has 2 aromatic rings. The molecule has 2 atom stereocenters. The van der Waals surface area contributed by atoms with Crippen molar-refractivity contribution in [3.05, 3.63) is 42.2 Å². The van der Waals surface area contributed by atoms with E-state index in [9.17, 15) is 9.90 Å². The average Bonchev–Trinajstić information content (AvgIpc) is 3.14. The Kier molecular flexibility index (Phi) is 8.31. The van der Waals surface area contributed by atoms with Crippen LogP contribution in [0.4, 0.5) is 10.7 Å². The zero-order valence-electron chi connectivity index (χ0n) is 18.0. The monoisotopic (exact) mass is 442 g/mol. The molecule has 1 aliphatic heterocycles. The lowest BCUT2D eigenvalue weighted by Crippen LogP contribution is -2.42. The SMILES string of the molecule is COCCN1CC(CNc2ncc(-c3cccc(CNC(=O)NC(=N)N)c3)cn2)CC1O. The molecule has 3 rings (SSSR count). The fraction of sp³-hybridized carbons (Fsp3) is 0.429. The largest absolute Gasteiger partial charge is 0.383 e. The number of aromatic nitrogens is 2. The second kappa shape index (κ2) is 11.4. The maximum Gasteiger partial charge on any atom is 0.321 e. The van der Waals surface area contributed by atoms with E-state index in [1.807, 2.05) is 29.2 Å². The number of rotatable bonds is 9. The number of carbonyl (C=O) groups excluding carboxylic acids is 1. The molecule has 1 aromatic heterocycles. The minimum atomic E-state index is -0.529. The van der Waals surface area contributed by atoms with Gasteiger partial charge in [0.25, 0.3) is 0 Å². The van der Waals surface area contributed by atoms with Crippen LogP contribution in [0, 0.1) is 11.3 Å². The summed E-state index contributed by atoms with van der Waals surface area (Å²) in [4.78, 5) is 22.4. The Balaban J connectivity index is 1.51. The zero-order chi connectivity index (χ0) is 22.9. The number of methoxy groups -OCH3 is 1. The van der Waals surface area contributed by atoms with E-state index in [1.54, 1.807) is 19.5 Å². The van der Waals surface area contributed by atoms with Crippen LogP contribution in [0.5, 0.6) is 0 Å². The van der Waals surface area contributed by atoms with E-state index in [4.69, 9.17) is 15.9 Å². The van der Waals surface area contributed by atoms with Gasteiger partial charge in [-0.1, -0.05) is 18.2 Å². The summed E-state index contributed by atoms with van der Waals surface area (Å²) in [7, 11) is 1.66. The molecule has 0 bridgehead atoms. The van der Waals surface area contributed by atoms with E-state index in [0.29, 0.717) is 38.0 Å². The zero-order valence-corrected chi connectivity index (χ0v) is 18.0. The maximum absolute atomic E-state index is 11.6. The van der Waals surface area contributed by atoms with Crippen LogP contribution >= 0.6 is 0 Å². The molecule has 2 amide bonds. The van der Waals surface area contributed by atoms with Gasteiger partial charge in [0.15, 0.2) is 5.96 Å². The first-order valence-electron chi connectivity index (χ1n) is 10.4. The topological polar surface area (TPSA) is 162 Å². The molecular formula is C21H30N8O3. The van der Waals surface area contributed by atoms with Crippen molar-refractivity contribution in [3.8, 4) is 11.1 Å². The second-order valence-electron chi connectivity index (χ2n) is 7.67. The summed E-state index contributed by atoms with van der Waals surface area (Å²) >= 11 is 0. The Hall–Kier alpha value is -3.28. The summed E-state index contributed by atoms with van der Waals surface area (Å²) in [5, 5.41) is 25.3. The van der Waals surface area contributed by atoms with E-state index < -0.39 is 18.2 Å². The molecule has 2 unspecified atom stereocenters. The summed E-state index contributed by atoms with van der Waals surface area (Å²) < 4.78 is 5.09. The molecule has 1 saturated heterocycles. The van der Waals surface area contributed by atoms with Crippen LogP contribution in [-0.4, -0.2) is 71.5 Å². The lowest BCUT2D eigenvalue weighted by Gasteiger charge is -2.19. The highest BCUT2D eigenvalue weighted by Crippen LogP contribution is 2.22. The molecular weight excluding hydrogens is 412 g/mol. The minimum Gasteiger partial charge on any atom is -0.383 e. The van der Waals surface area contributed by atoms with Gasteiger partial charge in [0.05, 0.1) is 6.61 Å². The summed E-state index contributed by atoms with van der Waals surface area (Å²) in [5.41, 5.74) is 7.81. The Labute approximate surface area is 186 Å². The van der Waals surface area contributed by atoms with E-state index in [-0.39, 0.29) is 0 Å². The molecule has 1 aliphatic rings. The van der Waals surface area contributed by atoms with Crippen LogP contribution in [0.1, 0.15) is 12.0 Å². The molecule has 7 N–H and O–H groups in total. The van der Waals surface area contributed by atoms with E-state index in [0.717, 1.165) is 29.8 Å². The number of amides is 2. The number of aliphatic hydroxyl groups excluding tert-OH is 1. The Bertz CT molecular complexity index is 908. The highest BCUT2D eigenvalue weighted by atomic mass is 16.5. The molecule has 0 radical (unpaired) electrons. The number of hydrogen-bond acceptors (Lipinski definition) is 8. The minimum absolute atomic E-state index is 0.294. The Morgan fingerprint density at radius 1 is 1.34 bits per heavy atom. The fourth-order valence-electron chi connectivity index (χ4n) is 3.59. The molecule has 172 valence electrons. The third-order valence-electron chi connectivity index (χ3n) is 5.20. The van der Waals surface area contributed by atoms with Crippen molar-refractivity contribution in [2.24, 2.45) is 11.7 Å².